The molecule has 0 fully saturated rings. The lowest BCUT2D eigenvalue weighted by Crippen LogP contribution is -2.06. The molecule has 0 amide bonds. The van der Waals surface area contributed by atoms with E-state index < -0.39 is 4.92 Å². The van der Waals surface area contributed by atoms with E-state index in [-0.39, 0.29) is 12.3 Å². The number of hydrogen-bond donors (Lipinski definition) is 1. The molecular weight excluding hydrogens is 258 g/mol. The fraction of sp³-hybridized carbons (Fsp3) is 0.357. The predicted molar refractivity (Wildman–Crippen MR) is 74.9 cm³/mol. The Balaban J connectivity index is 2.62. The summed E-state index contributed by atoms with van der Waals surface area (Å²) in [5.41, 5.74) is 2.74. The maximum absolute atomic E-state index is 11.2. The summed E-state index contributed by atoms with van der Waals surface area (Å²) in [7, 11) is 0. The molecule has 0 saturated heterocycles. The highest BCUT2D eigenvalue weighted by Crippen LogP contribution is 2.26. The second kappa shape index (κ2) is 5.83. The van der Waals surface area contributed by atoms with Crippen LogP contribution in [-0.2, 0) is 19.4 Å². The molecule has 0 aliphatic heterocycles. The second-order valence-electron chi connectivity index (χ2n) is 4.48. The molecule has 0 saturated carbocycles. The quantitative estimate of drug-likeness (QED) is 0.671. The van der Waals surface area contributed by atoms with Gasteiger partial charge in [0.05, 0.1) is 17.2 Å². The lowest BCUT2D eigenvalue weighted by molar-refractivity contribution is -0.384. The third-order valence-corrected chi connectivity index (χ3v) is 3.21. The number of nitrogens with zero attached hydrogens (tertiary/aromatic N) is 3. The van der Waals surface area contributed by atoms with Crippen LogP contribution in [0.15, 0.2) is 24.3 Å². The minimum Gasteiger partial charge on any atom is -0.392 e. The summed E-state index contributed by atoms with van der Waals surface area (Å²) in [5.74, 6) is 0. The SMILES string of the molecule is CCc1cc(CC)n(-c2ccc(CO)cc2[N+](=O)[O-])n1. The Kier molecular flexibility index (Phi) is 4.14. The van der Waals surface area contributed by atoms with Crippen LogP contribution in [0.3, 0.4) is 0 Å². The zero-order valence-electron chi connectivity index (χ0n) is 11.5. The molecule has 2 rings (SSSR count). The molecule has 0 bridgehead atoms. The molecule has 1 heterocycles. The first-order chi connectivity index (χ1) is 9.60. The van der Waals surface area contributed by atoms with Gasteiger partial charge in [0.15, 0.2) is 0 Å². The van der Waals surface area contributed by atoms with E-state index in [4.69, 9.17) is 5.11 Å². The number of nitro benzene ring substituents is 1. The average molecular weight is 275 g/mol. The standard InChI is InChI=1S/C14H17N3O3/c1-3-11-8-12(4-2)16(15-11)13-6-5-10(9-18)7-14(13)17(19)20/h5-8,18H,3-4,9H2,1-2H3. The lowest BCUT2D eigenvalue weighted by atomic mass is 10.1. The first-order valence-corrected chi connectivity index (χ1v) is 6.57. The van der Waals surface area contributed by atoms with Crippen molar-refractivity contribution < 1.29 is 10.0 Å². The summed E-state index contributed by atoms with van der Waals surface area (Å²) in [5, 5.41) is 24.7. The fourth-order valence-electron chi connectivity index (χ4n) is 2.10. The number of aliphatic hydroxyl groups excluding tert-OH is 1. The largest absolute Gasteiger partial charge is 0.392 e. The average Bonchev–Trinajstić information content (AvgIpc) is 2.89. The molecule has 0 spiro atoms. The van der Waals surface area contributed by atoms with E-state index in [2.05, 4.69) is 5.10 Å². The summed E-state index contributed by atoms with van der Waals surface area (Å²) >= 11 is 0. The first kappa shape index (κ1) is 14.2. The number of hydrogen-bond acceptors (Lipinski definition) is 4. The van der Waals surface area contributed by atoms with Gasteiger partial charge in [0.25, 0.3) is 5.69 Å². The third-order valence-electron chi connectivity index (χ3n) is 3.21. The molecule has 2 aromatic rings. The number of aromatic nitrogens is 2. The van der Waals surface area contributed by atoms with Crippen LogP contribution in [0.1, 0.15) is 30.8 Å². The van der Waals surface area contributed by atoms with Gasteiger partial charge in [-0.1, -0.05) is 19.9 Å². The molecule has 0 aliphatic rings. The van der Waals surface area contributed by atoms with Gasteiger partial charge in [0.2, 0.25) is 0 Å². The molecule has 1 aromatic carbocycles. The van der Waals surface area contributed by atoms with Crippen molar-refractivity contribution in [3.05, 3.63) is 51.3 Å². The lowest BCUT2D eigenvalue weighted by Gasteiger charge is -2.07. The van der Waals surface area contributed by atoms with Gasteiger partial charge in [0, 0.05) is 11.8 Å². The van der Waals surface area contributed by atoms with E-state index >= 15 is 0 Å². The minimum absolute atomic E-state index is 0.0444. The van der Waals surface area contributed by atoms with E-state index in [1.165, 1.54) is 6.07 Å². The summed E-state index contributed by atoms with van der Waals surface area (Å²) in [6, 6.07) is 6.66. The van der Waals surface area contributed by atoms with Crippen molar-refractivity contribution in [3.63, 3.8) is 0 Å². The Morgan fingerprint density at radius 3 is 2.60 bits per heavy atom. The molecule has 0 aliphatic carbocycles. The number of rotatable bonds is 5. The molecule has 6 heteroatoms. The van der Waals surface area contributed by atoms with Gasteiger partial charge in [-0.2, -0.15) is 5.10 Å². The highest BCUT2D eigenvalue weighted by Gasteiger charge is 2.19. The summed E-state index contributed by atoms with van der Waals surface area (Å²) in [6.45, 7) is 3.76. The van der Waals surface area contributed by atoms with Crippen LogP contribution in [0.2, 0.25) is 0 Å². The maximum atomic E-state index is 11.2. The van der Waals surface area contributed by atoms with Crippen LogP contribution in [-0.4, -0.2) is 19.8 Å². The highest BCUT2D eigenvalue weighted by molar-refractivity contribution is 5.54. The Morgan fingerprint density at radius 2 is 2.05 bits per heavy atom. The minimum atomic E-state index is -0.443. The monoisotopic (exact) mass is 275 g/mol. The Morgan fingerprint density at radius 1 is 1.30 bits per heavy atom. The molecule has 1 aromatic heterocycles. The topological polar surface area (TPSA) is 81.2 Å². The van der Waals surface area contributed by atoms with Crippen LogP contribution < -0.4 is 0 Å². The van der Waals surface area contributed by atoms with E-state index in [0.717, 1.165) is 24.2 Å². The molecular formula is C14H17N3O3. The smallest absolute Gasteiger partial charge is 0.295 e. The normalized spacial score (nSPS) is 10.8. The van der Waals surface area contributed by atoms with Gasteiger partial charge in [-0.3, -0.25) is 10.1 Å². The van der Waals surface area contributed by atoms with Gasteiger partial charge in [-0.05, 0) is 30.5 Å². The van der Waals surface area contributed by atoms with Crippen LogP contribution >= 0.6 is 0 Å². The molecule has 6 nitrogen and oxygen atoms in total. The zero-order valence-corrected chi connectivity index (χ0v) is 11.5. The molecule has 0 radical (unpaired) electrons. The Hall–Kier alpha value is -2.21. The van der Waals surface area contributed by atoms with Crippen molar-refractivity contribution in [3.8, 4) is 5.69 Å². The summed E-state index contributed by atoms with van der Waals surface area (Å²) in [6.07, 6.45) is 1.52. The van der Waals surface area contributed by atoms with E-state index in [9.17, 15) is 10.1 Å². The predicted octanol–water partition coefficient (Wildman–Crippen LogP) is 2.40. The van der Waals surface area contributed by atoms with Crippen molar-refractivity contribution in [2.75, 3.05) is 0 Å². The van der Waals surface area contributed by atoms with Gasteiger partial charge in [-0.25, -0.2) is 4.68 Å². The van der Waals surface area contributed by atoms with Gasteiger partial charge < -0.3 is 5.11 Å². The van der Waals surface area contributed by atoms with E-state index in [1.54, 1.807) is 16.8 Å². The zero-order chi connectivity index (χ0) is 14.7. The maximum Gasteiger partial charge on any atom is 0.295 e. The number of benzene rings is 1. The molecule has 0 unspecified atom stereocenters. The number of nitro groups is 1. The van der Waals surface area contributed by atoms with Crippen LogP contribution in [0, 0.1) is 10.1 Å². The van der Waals surface area contributed by atoms with Crippen molar-refractivity contribution >= 4 is 5.69 Å². The van der Waals surface area contributed by atoms with Crippen molar-refractivity contribution in [1.82, 2.24) is 9.78 Å². The Labute approximate surface area is 116 Å². The number of aryl methyl sites for hydroxylation is 2. The van der Waals surface area contributed by atoms with Crippen molar-refractivity contribution in [2.24, 2.45) is 0 Å². The van der Waals surface area contributed by atoms with Crippen LogP contribution in [0.25, 0.3) is 5.69 Å². The first-order valence-electron chi connectivity index (χ1n) is 6.57. The van der Waals surface area contributed by atoms with Crippen molar-refractivity contribution in [2.45, 2.75) is 33.3 Å². The molecule has 0 atom stereocenters. The molecule has 106 valence electrons. The van der Waals surface area contributed by atoms with E-state index in [1.807, 2.05) is 19.9 Å². The molecule has 20 heavy (non-hydrogen) atoms. The highest BCUT2D eigenvalue weighted by atomic mass is 16.6. The Bertz CT molecular complexity index is 635. The second-order valence-corrected chi connectivity index (χ2v) is 4.48. The van der Waals surface area contributed by atoms with Crippen LogP contribution in [0.5, 0.6) is 0 Å². The number of aliphatic hydroxyl groups is 1. The third kappa shape index (κ3) is 2.55. The van der Waals surface area contributed by atoms with Gasteiger partial charge >= 0.3 is 0 Å². The van der Waals surface area contributed by atoms with E-state index in [0.29, 0.717) is 11.3 Å². The fourth-order valence-corrected chi connectivity index (χ4v) is 2.10. The molecule has 1 N–H and O–H groups in total. The van der Waals surface area contributed by atoms with Crippen molar-refractivity contribution in [1.29, 1.82) is 0 Å². The summed E-state index contributed by atoms with van der Waals surface area (Å²) in [4.78, 5) is 10.8. The van der Waals surface area contributed by atoms with Gasteiger partial charge in [0.1, 0.15) is 5.69 Å². The van der Waals surface area contributed by atoms with Gasteiger partial charge in [-0.15, -0.1) is 0 Å². The summed E-state index contributed by atoms with van der Waals surface area (Å²) < 4.78 is 1.62. The van der Waals surface area contributed by atoms with Crippen LogP contribution in [0.4, 0.5) is 5.69 Å².